The zero-order chi connectivity index (χ0) is 20.6. The van der Waals surface area contributed by atoms with Gasteiger partial charge in [-0.3, -0.25) is 4.90 Å². The van der Waals surface area contributed by atoms with E-state index in [1.54, 1.807) is 0 Å². The first kappa shape index (κ1) is 20.9. The van der Waals surface area contributed by atoms with Crippen LogP contribution < -0.4 is 14.4 Å². The number of methoxy groups -OCH3 is 2. The van der Waals surface area contributed by atoms with E-state index in [2.05, 4.69) is 4.99 Å². The van der Waals surface area contributed by atoms with Crippen LogP contribution in [0, 0.1) is 0 Å². The molecule has 0 amide bonds. The van der Waals surface area contributed by atoms with Gasteiger partial charge in [0.2, 0.25) is 0 Å². The van der Waals surface area contributed by atoms with E-state index in [0.29, 0.717) is 18.7 Å². The maximum Gasteiger partial charge on any atom is 0.455 e. The van der Waals surface area contributed by atoms with Gasteiger partial charge in [0, 0.05) is 12.6 Å². The number of ether oxygens (including phenoxy) is 3. The van der Waals surface area contributed by atoms with Crippen LogP contribution in [0.2, 0.25) is 0 Å². The summed E-state index contributed by atoms with van der Waals surface area (Å²) >= 11 is 0. The Morgan fingerprint density at radius 3 is 1.96 bits per heavy atom. The highest BCUT2D eigenvalue weighted by Crippen LogP contribution is 2.52. The number of alkyl halides is 6. The van der Waals surface area contributed by atoms with Gasteiger partial charge in [-0.1, -0.05) is 0 Å². The van der Waals surface area contributed by atoms with Crippen LogP contribution in [0.25, 0.3) is 0 Å². The Morgan fingerprint density at radius 2 is 1.59 bits per heavy atom. The summed E-state index contributed by atoms with van der Waals surface area (Å²) in [5, 5.41) is 8.84. The number of benzene rings is 1. The van der Waals surface area contributed by atoms with Crippen LogP contribution in [0.15, 0.2) is 17.1 Å². The molecule has 0 aliphatic carbocycles. The van der Waals surface area contributed by atoms with Crippen LogP contribution in [0.3, 0.4) is 0 Å². The first-order valence-electron chi connectivity index (χ1n) is 7.41. The SMILES string of the molecule is COc1cc(C(F)(F)C(O)(F)C(F)(F)F)cc(OC)c1N(C)C1=NCCO1. The largest absolute Gasteiger partial charge is 0.494 e. The predicted molar refractivity (Wildman–Crippen MR) is 82.2 cm³/mol. The monoisotopic (exact) mass is 402 g/mol. The molecule has 1 N–H and O–H groups in total. The molecule has 27 heavy (non-hydrogen) atoms. The van der Waals surface area contributed by atoms with Crippen molar-refractivity contribution in [3.63, 3.8) is 0 Å². The van der Waals surface area contributed by atoms with Gasteiger partial charge in [-0.2, -0.15) is 26.3 Å². The third-order valence-electron chi connectivity index (χ3n) is 3.83. The molecule has 0 bridgehead atoms. The van der Waals surface area contributed by atoms with Crippen molar-refractivity contribution in [2.75, 3.05) is 39.3 Å². The first-order valence-corrected chi connectivity index (χ1v) is 7.41. The molecule has 1 aromatic carbocycles. The van der Waals surface area contributed by atoms with Crippen LogP contribution >= 0.6 is 0 Å². The standard InChI is InChI=1S/C15H16F6N2O4/c1-23(12-22-4-5-27-12)11-9(25-2)6-8(7-10(11)26-3)13(16,17)14(18,24)15(19,20)21/h6-7,24H,4-5H2,1-3H3. The molecule has 0 saturated carbocycles. The van der Waals surface area contributed by atoms with Gasteiger partial charge in [-0.05, 0) is 12.1 Å². The fourth-order valence-corrected chi connectivity index (χ4v) is 2.40. The molecule has 6 nitrogen and oxygen atoms in total. The topological polar surface area (TPSA) is 63.5 Å². The van der Waals surface area contributed by atoms with Gasteiger partial charge >= 0.3 is 18.0 Å². The molecule has 1 aliphatic heterocycles. The van der Waals surface area contributed by atoms with E-state index in [-0.39, 0.29) is 29.8 Å². The van der Waals surface area contributed by atoms with Crippen molar-refractivity contribution >= 4 is 11.7 Å². The summed E-state index contributed by atoms with van der Waals surface area (Å²) in [6, 6.07) is 1.05. The second kappa shape index (κ2) is 6.98. The average molecular weight is 402 g/mol. The van der Waals surface area contributed by atoms with Crippen LogP contribution in [0.4, 0.5) is 32.0 Å². The van der Waals surface area contributed by atoms with Gasteiger partial charge < -0.3 is 19.3 Å². The Bertz CT molecular complexity index is 711. The fourth-order valence-electron chi connectivity index (χ4n) is 2.40. The number of hydrogen-bond acceptors (Lipinski definition) is 6. The fraction of sp³-hybridized carbons (Fsp3) is 0.533. The lowest BCUT2D eigenvalue weighted by Gasteiger charge is -2.31. The molecule has 152 valence electrons. The van der Waals surface area contributed by atoms with Crippen molar-refractivity contribution in [2.45, 2.75) is 18.0 Å². The Balaban J connectivity index is 2.61. The number of anilines is 1. The molecule has 0 saturated heterocycles. The Hall–Kier alpha value is -2.37. The summed E-state index contributed by atoms with van der Waals surface area (Å²) in [4.78, 5) is 5.29. The molecule has 1 aromatic rings. The molecular weight excluding hydrogens is 386 g/mol. The van der Waals surface area contributed by atoms with E-state index < -0.39 is 23.5 Å². The summed E-state index contributed by atoms with van der Waals surface area (Å²) in [6.45, 7) is 0.627. The number of halogens is 6. The highest BCUT2D eigenvalue weighted by molar-refractivity contribution is 5.95. The lowest BCUT2D eigenvalue weighted by Crippen LogP contribution is -2.53. The summed E-state index contributed by atoms with van der Waals surface area (Å²) in [5.41, 5.74) is -1.49. The van der Waals surface area contributed by atoms with Gasteiger partial charge in [0.05, 0.1) is 20.8 Å². The van der Waals surface area contributed by atoms with Crippen LogP contribution in [0.5, 0.6) is 11.5 Å². The Kier molecular flexibility index (Phi) is 5.41. The minimum absolute atomic E-state index is 0.00890. The summed E-state index contributed by atoms with van der Waals surface area (Å²) in [6.07, 6.45) is -6.24. The van der Waals surface area contributed by atoms with E-state index in [4.69, 9.17) is 19.3 Å². The van der Waals surface area contributed by atoms with Crippen molar-refractivity contribution in [2.24, 2.45) is 4.99 Å². The number of nitrogens with zero attached hydrogens (tertiary/aromatic N) is 2. The summed E-state index contributed by atoms with van der Waals surface area (Å²) in [7, 11) is 3.57. The van der Waals surface area contributed by atoms with E-state index in [9.17, 15) is 26.3 Å². The Labute approximate surface area is 149 Å². The molecule has 0 radical (unpaired) electrons. The molecule has 1 heterocycles. The molecule has 1 unspecified atom stereocenters. The normalized spacial score (nSPS) is 17.0. The molecule has 0 aromatic heterocycles. The maximum absolute atomic E-state index is 14.2. The van der Waals surface area contributed by atoms with Gasteiger partial charge in [-0.25, -0.2) is 4.99 Å². The zero-order valence-electron chi connectivity index (χ0n) is 14.4. The van der Waals surface area contributed by atoms with Gasteiger partial charge in [-0.15, -0.1) is 0 Å². The van der Waals surface area contributed by atoms with E-state index in [1.807, 2.05) is 0 Å². The molecular formula is C15H16F6N2O4. The van der Waals surface area contributed by atoms with Crippen molar-refractivity contribution in [3.8, 4) is 11.5 Å². The molecule has 0 spiro atoms. The van der Waals surface area contributed by atoms with Crippen molar-refractivity contribution < 1.29 is 45.7 Å². The summed E-state index contributed by atoms with van der Waals surface area (Å²) in [5.74, 6) is -11.9. The number of aliphatic hydroxyl groups is 1. The minimum atomic E-state index is -6.24. The number of aliphatic imine (C=N–C) groups is 1. The lowest BCUT2D eigenvalue weighted by atomic mass is 9.99. The van der Waals surface area contributed by atoms with Gasteiger partial charge in [0.25, 0.3) is 6.02 Å². The molecule has 2 rings (SSSR count). The quantitative estimate of drug-likeness (QED) is 0.768. The molecule has 12 heteroatoms. The highest BCUT2D eigenvalue weighted by Gasteiger charge is 2.71. The Morgan fingerprint density at radius 1 is 1.07 bits per heavy atom. The van der Waals surface area contributed by atoms with Crippen molar-refractivity contribution in [1.29, 1.82) is 0 Å². The average Bonchev–Trinajstić information content (AvgIpc) is 3.13. The second-order valence-corrected chi connectivity index (χ2v) is 5.50. The highest BCUT2D eigenvalue weighted by atomic mass is 19.4. The zero-order valence-corrected chi connectivity index (χ0v) is 14.4. The van der Waals surface area contributed by atoms with Crippen molar-refractivity contribution in [1.82, 2.24) is 0 Å². The minimum Gasteiger partial charge on any atom is -0.494 e. The van der Waals surface area contributed by atoms with E-state index in [0.717, 1.165) is 14.2 Å². The van der Waals surface area contributed by atoms with Gasteiger partial charge in [0.15, 0.2) is 0 Å². The van der Waals surface area contributed by atoms with E-state index in [1.165, 1.54) is 11.9 Å². The molecule has 1 atom stereocenters. The van der Waals surface area contributed by atoms with Crippen LogP contribution in [0.1, 0.15) is 5.56 Å². The molecule has 1 aliphatic rings. The lowest BCUT2D eigenvalue weighted by molar-refractivity contribution is -0.390. The maximum atomic E-state index is 14.2. The first-order chi connectivity index (χ1) is 12.4. The number of hydrogen-bond donors (Lipinski definition) is 1. The third-order valence-corrected chi connectivity index (χ3v) is 3.83. The smallest absolute Gasteiger partial charge is 0.455 e. The van der Waals surface area contributed by atoms with Crippen molar-refractivity contribution in [3.05, 3.63) is 17.7 Å². The molecule has 0 fully saturated rings. The second-order valence-electron chi connectivity index (χ2n) is 5.50. The van der Waals surface area contributed by atoms with E-state index >= 15 is 0 Å². The third kappa shape index (κ3) is 3.45. The number of rotatable bonds is 5. The predicted octanol–water partition coefficient (Wildman–Crippen LogP) is 2.84. The van der Waals surface area contributed by atoms with Gasteiger partial charge in [0.1, 0.15) is 23.8 Å². The van der Waals surface area contributed by atoms with Crippen LogP contribution in [-0.4, -0.2) is 57.6 Å². The summed E-state index contributed by atoms with van der Waals surface area (Å²) < 4.78 is 94.8. The van der Waals surface area contributed by atoms with Crippen LogP contribution in [-0.2, 0) is 10.7 Å². The number of amidine groups is 1.